The molecule has 4 aromatic rings. The minimum absolute atomic E-state index is 0.303. The molecule has 5 rings (SSSR count). The summed E-state index contributed by atoms with van der Waals surface area (Å²) < 4.78 is 39.4. The number of rotatable bonds is 18. The fourth-order valence-electron chi connectivity index (χ4n) is 5.31. The highest BCUT2D eigenvalue weighted by molar-refractivity contribution is 5.16. The normalized spacial score (nSPS) is 21.4. The second-order valence-electron chi connectivity index (χ2n) is 11.1. The Kier molecular flexibility index (Phi) is 13.4. The summed E-state index contributed by atoms with van der Waals surface area (Å²) in [5.74, 6) is 0. The Bertz CT molecular complexity index is 1350. The van der Waals surface area contributed by atoms with E-state index in [0.717, 1.165) is 35.1 Å². The van der Waals surface area contributed by atoms with Crippen LogP contribution in [-0.2, 0) is 54.8 Å². The molecule has 0 spiro atoms. The van der Waals surface area contributed by atoms with Crippen LogP contribution in [-0.4, -0.2) is 43.9 Å². The number of unbranched alkanes of at least 4 members (excludes halogenated alkanes) is 1. The average molecular weight is 609 g/mol. The van der Waals surface area contributed by atoms with E-state index in [2.05, 4.69) is 43.0 Å². The van der Waals surface area contributed by atoms with E-state index in [0.29, 0.717) is 39.6 Å². The molecule has 0 saturated carbocycles. The minimum atomic E-state index is -0.679. The van der Waals surface area contributed by atoms with Crippen LogP contribution in [0.2, 0.25) is 0 Å². The number of hydrogen-bond acceptors (Lipinski definition) is 6. The summed E-state index contributed by atoms with van der Waals surface area (Å²) in [7, 11) is 0. The Morgan fingerprint density at radius 1 is 0.533 bits per heavy atom. The van der Waals surface area contributed by atoms with Gasteiger partial charge in [-0.2, -0.15) is 0 Å². The highest BCUT2D eigenvalue weighted by Gasteiger charge is 2.49. The molecule has 0 N–H and O–H groups in total. The molecule has 0 radical (unpaired) electrons. The summed E-state index contributed by atoms with van der Waals surface area (Å²) in [6.07, 6.45) is 0.896. The SMILES string of the molecule is C=CCCCOC1O[C@@H](COCc2ccccc2)[C@@H](OCc2ccccc2)[C@@H](OCc2ccccc2)[C@@H]1OCc1ccccc1. The first-order chi connectivity index (χ1) is 22.3. The van der Waals surface area contributed by atoms with Crippen LogP contribution in [0.25, 0.3) is 0 Å². The van der Waals surface area contributed by atoms with Crippen LogP contribution in [0.4, 0.5) is 0 Å². The molecule has 236 valence electrons. The lowest BCUT2D eigenvalue weighted by Gasteiger charge is -2.46. The minimum Gasteiger partial charge on any atom is -0.374 e. The molecular weight excluding hydrogens is 564 g/mol. The Hall–Kier alpha value is -3.62. The second-order valence-corrected chi connectivity index (χ2v) is 11.1. The van der Waals surface area contributed by atoms with Crippen LogP contribution in [0.15, 0.2) is 134 Å². The molecule has 5 atom stereocenters. The Labute approximate surface area is 267 Å². The van der Waals surface area contributed by atoms with Gasteiger partial charge in [0.2, 0.25) is 0 Å². The molecule has 0 bridgehead atoms. The molecule has 45 heavy (non-hydrogen) atoms. The van der Waals surface area contributed by atoms with Crippen LogP contribution in [0.3, 0.4) is 0 Å². The van der Waals surface area contributed by atoms with Gasteiger partial charge in [0, 0.05) is 0 Å². The van der Waals surface area contributed by atoms with Gasteiger partial charge in [-0.3, -0.25) is 0 Å². The van der Waals surface area contributed by atoms with Crippen molar-refractivity contribution in [2.75, 3.05) is 13.2 Å². The van der Waals surface area contributed by atoms with Gasteiger partial charge in [0.05, 0.1) is 39.6 Å². The van der Waals surface area contributed by atoms with Gasteiger partial charge in [-0.1, -0.05) is 127 Å². The van der Waals surface area contributed by atoms with E-state index in [1.807, 2.05) is 91.0 Å². The van der Waals surface area contributed by atoms with Crippen molar-refractivity contribution in [3.8, 4) is 0 Å². The van der Waals surface area contributed by atoms with E-state index in [4.69, 9.17) is 28.4 Å². The number of ether oxygens (including phenoxy) is 6. The molecule has 0 aliphatic carbocycles. The molecule has 0 aromatic heterocycles. The van der Waals surface area contributed by atoms with Crippen molar-refractivity contribution in [1.29, 1.82) is 0 Å². The van der Waals surface area contributed by atoms with E-state index in [9.17, 15) is 0 Å². The van der Waals surface area contributed by atoms with E-state index >= 15 is 0 Å². The predicted octanol–water partition coefficient (Wildman–Crippen LogP) is 7.67. The number of benzene rings is 4. The smallest absolute Gasteiger partial charge is 0.186 e. The predicted molar refractivity (Wildman–Crippen MR) is 175 cm³/mol. The molecule has 1 heterocycles. The lowest BCUT2D eigenvalue weighted by atomic mass is 9.97. The van der Waals surface area contributed by atoms with Gasteiger partial charge < -0.3 is 28.4 Å². The van der Waals surface area contributed by atoms with Gasteiger partial charge >= 0.3 is 0 Å². The van der Waals surface area contributed by atoms with Gasteiger partial charge in [-0.15, -0.1) is 6.58 Å². The molecule has 4 aromatic carbocycles. The molecule has 1 unspecified atom stereocenters. The first-order valence-electron chi connectivity index (χ1n) is 15.8. The summed E-state index contributed by atoms with van der Waals surface area (Å²) in [4.78, 5) is 0. The van der Waals surface area contributed by atoms with Gasteiger partial charge in [0.15, 0.2) is 6.29 Å². The lowest BCUT2D eigenvalue weighted by molar-refractivity contribution is -0.328. The van der Waals surface area contributed by atoms with Crippen LogP contribution in [0, 0.1) is 0 Å². The van der Waals surface area contributed by atoms with Gasteiger partial charge in [0.25, 0.3) is 0 Å². The van der Waals surface area contributed by atoms with E-state index < -0.39 is 30.7 Å². The summed E-state index contributed by atoms with van der Waals surface area (Å²) in [5.41, 5.74) is 4.27. The van der Waals surface area contributed by atoms with E-state index in [1.54, 1.807) is 0 Å². The van der Waals surface area contributed by atoms with Crippen LogP contribution in [0.1, 0.15) is 35.1 Å². The summed E-state index contributed by atoms with van der Waals surface area (Å²) in [6, 6.07) is 40.5. The maximum atomic E-state index is 6.74. The standard InChI is InChI=1S/C39H44O6/c1-2-3-16-25-41-39-38(44-29-34-23-14-7-15-24-34)37(43-28-33-21-12-6-13-22-33)36(42-27-32-19-10-5-11-20-32)35(45-39)30-40-26-31-17-8-4-9-18-31/h2,4-15,17-24,35-39H,1,3,16,25-30H2/t35-,36+,37+,38-,39?/m0/s1. The Balaban J connectivity index is 1.41. The molecule has 1 aliphatic rings. The van der Waals surface area contributed by atoms with Gasteiger partial charge in [-0.05, 0) is 35.1 Å². The molecule has 1 aliphatic heterocycles. The van der Waals surface area contributed by atoms with Crippen LogP contribution >= 0.6 is 0 Å². The zero-order chi connectivity index (χ0) is 30.9. The first kappa shape index (κ1) is 32.8. The third kappa shape index (κ3) is 10.5. The maximum Gasteiger partial charge on any atom is 0.186 e. The molecule has 6 nitrogen and oxygen atoms in total. The lowest BCUT2D eigenvalue weighted by Crippen LogP contribution is -2.61. The van der Waals surface area contributed by atoms with Crippen molar-refractivity contribution in [2.45, 2.75) is 70.0 Å². The van der Waals surface area contributed by atoms with Crippen molar-refractivity contribution in [1.82, 2.24) is 0 Å². The third-order valence-corrected chi connectivity index (χ3v) is 7.68. The number of hydrogen-bond donors (Lipinski definition) is 0. The van der Waals surface area contributed by atoms with Crippen molar-refractivity contribution in [2.24, 2.45) is 0 Å². The fraction of sp³-hybridized carbons (Fsp3) is 0.333. The van der Waals surface area contributed by atoms with Crippen molar-refractivity contribution < 1.29 is 28.4 Å². The summed E-state index contributed by atoms with van der Waals surface area (Å²) >= 11 is 0. The Morgan fingerprint density at radius 2 is 0.978 bits per heavy atom. The highest BCUT2D eigenvalue weighted by atomic mass is 16.7. The van der Waals surface area contributed by atoms with Crippen LogP contribution < -0.4 is 0 Å². The zero-order valence-electron chi connectivity index (χ0n) is 25.8. The van der Waals surface area contributed by atoms with Gasteiger partial charge in [0.1, 0.15) is 24.4 Å². The quantitative estimate of drug-likeness (QED) is 0.0854. The molecule has 0 amide bonds. The molecule has 1 saturated heterocycles. The van der Waals surface area contributed by atoms with Crippen molar-refractivity contribution in [3.63, 3.8) is 0 Å². The largest absolute Gasteiger partial charge is 0.374 e. The summed E-state index contributed by atoms with van der Waals surface area (Å²) in [5, 5.41) is 0. The van der Waals surface area contributed by atoms with Crippen molar-refractivity contribution >= 4 is 0 Å². The van der Waals surface area contributed by atoms with E-state index in [1.165, 1.54) is 0 Å². The maximum absolute atomic E-state index is 6.74. The molecule has 1 fully saturated rings. The zero-order valence-corrected chi connectivity index (χ0v) is 25.8. The van der Waals surface area contributed by atoms with Gasteiger partial charge in [-0.25, -0.2) is 0 Å². The third-order valence-electron chi connectivity index (χ3n) is 7.68. The van der Waals surface area contributed by atoms with E-state index in [-0.39, 0.29) is 0 Å². The molecule has 6 heteroatoms. The highest BCUT2D eigenvalue weighted by Crippen LogP contribution is 2.32. The van der Waals surface area contributed by atoms with Crippen LogP contribution in [0.5, 0.6) is 0 Å². The topological polar surface area (TPSA) is 55.4 Å². The summed E-state index contributed by atoms with van der Waals surface area (Å²) in [6.45, 7) is 6.28. The molecular formula is C39H44O6. The number of allylic oxidation sites excluding steroid dienone is 1. The first-order valence-corrected chi connectivity index (χ1v) is 15.8. The Morgan fingerprint density at radius 3 is 1.47 bits per heavy atom. The monoisotopic (exact) mass is 608 g/mol. The second kappa shape index (κ2) is 18.4. The average Bonchev–Trinajstić information content (AvgIpc) is 3.10. The van der Waals surface area contributed by atoms with Crippen molar-refractivity contribution in [3.05, 3.63) is 156 Å². The fourth-order valence-corrected chi connectivity index (χ4v) is 5.31.